The highest BCUT2D eigenvalue weighted by Crippen LogP contribution is 2.68. The van der Waals surface area contributed by atoms with Crippen molar-refractivity contribution in [1.29, 1.82) is 0 Å². The fourth-order valence-electron chi connectivity index (χ4n) is 3.54. The van der Waals surface area contributed by atoms with E-state index in [1.807, 2.05) is 18.2 Å². The van der Waals surface area contributed by atoms with Gasteiger partial charge in [0.05, 0.1) is 19.8 Å². The predicted molar refractivity (Wildman–Crippen MR) is 64.3 cm³/mol. The van der Waals surface area contributed by atoms with Gasteiger partial charge >= 0.3 is 0 Å². The first kappa shape index (κ1) is 10.9. The molecule has 2 atom stereocenters. The van der Waals surface area contributed by atoms with Gasteiger partial charge in [-0.15, -0.1) is 0 Å². The molecule has 0 heterocycles. The largest absolute Gasteiger partial charge is 0.496 e. The fraction of sp³-hybridized carbons (Fsp3) is 0.571. The van der Waals surface area contributed by atoms with Gasteiger partial charge in [0.25, 0.3) is 0 Å². The van der Waals surface area contributed by atoms with E-state index in [9.17, 15) is 5.11 Å². The van der Waals surface area contributed by atoms with Crippen LogP contribution in [0.3, 0.4) is 0 Å². The first-order chi connectivity index (χ1) is 8.23. The van der Waals surface area contributed by atoms with Gasteiger partial charge in [0.15, 0.2) is 0 Å². The second-order valence-corrected chi connectivity index (χ2v) is 5.01. The summed E-state index contributed by atoms with van der Waals surface area (Å²) in [6, 6.07) is 5.68. The highest BCUT2D eigenvalue weighted by molar-refractivity contribution is 5.53. The summed E-state index contributed by atoms with van der Waals surface area (Å²) >= 11 is 0. The lowest BCUT2D eigenvalue weighted by molar-refractivity contribution is 0.0988. The number of hydrogen-bond acceptors (Lipinski definition) is 3. The number of hydrogen-bond donors (Lipinski definition) is 1. The van der Waals surface area contributed by atoms with Crippen LogP contribution in [0.4, 0.5) is 0 Å². The average molecular weight is 234 g/mol. The van der Waals surface area contributed by atoms with Gasteiger partial charge in [0.1, 0.15) is 17.1 Å². The summed E-state index contributed by atoms with van der Waals surface area (Å²) in [5.74, 6) is 2.27. The van der Waals surface area contributed by atoms with Crippen LogP contribution in [0.25, 0.3) is 0 Å². The molecule has 92 valence electrons. The number of aliphatic hydroxyl groups is 1. The van der Waals surface area contributed by atoms with Gasteiger partial charge < -0.3 is 14.6 Å². The maximum atomic E-state index is 10.8. The van der Waals surface area contributed by atoms with Crippen LogP contribution >= 0.6 is 0 Å². The number of rotatable bonds is 3. The van der Waals surface area contributed by atoms with Gasteiger partial charge in [-0.25, -0.2) is 0 Å². The molecule has 2 fully saturated rings. The zero-order valence-corrected chi connectivity index (χ0v) is 10.3. The molecule has 0 aliphatic heterocycles. The maximum Gasteiger partial charge on any atom is 0.128 e. The second-order valence-electron chi connectivity index (χ2n) is 5.01. The lowest BCUT2D eigenvalue weighted by atomic mass is 9.97. The Labute approximate surface area is 101 Å². The molecule has 3 rings (SSSR count). The molecule has 0 radical (unpaired) electrons. The Kier molecular flexibility index (Phi) is 2.33. The average Bonchev–Trinajstić information content (AvgIpc) is 2.77. The second kappa shape index (κ2) is 3.64. The van der Waals surface area contributed by atoms with Crippen LogP contribution in [-0.4, -0.2) is 19.3 Å². The fourth-order valence-corrected chi connectivity index (χ4v) is 3.54. The molecule has 1 aromatic rings. The van der Waals surface area contributed by atoms with Crippen molar-refractivity contribution in [2.75, 3.05) is 14.2 Å². The SMILES string of the molecule is COc1cccc(OC)c1C1(O)C2CCCC21. The van der Waals surface area contributed by atoms with E-state index >= 15 is 0 Å². The van der Waals surface area contributed by atoms with Crippen molar-refractivity contribution >= 4 is 0 Å². The Morgan fingerprint density at radius 2 is 1.65 bits per heavy atom. The summed E-state index contributed by atoms with van der Waals surface area (Å²) < 4.78 is 10.8. The minimum atomic E-state index is -0.712. The molecule has 0 aromatic heterocycles. The number of benzene rings is 1. The Morgan fingerprint density at radius 3 is 2.12 bits per heavy atom. The van der Waals surface area contributed by atoms with E-state index in [1.54, 1.807) is 14.2 Å². The molecule has 2 aliphatic carbocycles. The van der Waals surface area contributed by atoms with E-state index in [1.165, 1.54) is 6.42 Å². The third kappa shape index (κ3) is 1.32. The lowest BCUT2D eigenvalue weighted by Crippen LogP contribution is -2.16. The molecule has 2 unspecified atom stereocenters. The molecule has 2 saturated carbocycles. The first-order valence-electron chi connectivity index (χ1n) is 6.17. The Morgan fingerprint density at radius 1 is 1.12 bits per heavy atom. The van der Waals surface area contributed by atoms with Crippen LogP contribution in [0.15, 0.2) is 18.2 Å². The Balaban J connectivity index is 2.08. The predicted octanol–water partition coefficient (Wildman–Crippen LogP) is 2.32. The molecular formula is C14H18O3. The van der Waals surface area contributed by atoms with E-state index in [-0.39, 0.29) is 0 Å². The standard InChI is InChI=1S/C14H18O3/c1-16-11-7-4-8-12(17-2)13(11)14(15)9-5-3-6-10(9)14/h4,7-10,15H,3,5-6H2,1-2H3. The van der Waals surface area contributed by atoms with E-state index in [0.29, 0.717) is 11.8 Å². The molecule has 1 N–H and O–H groups in total. The first-order valence-corrected chi connectivity index (χ1v) is 6.17. The van der Waals surface area contributed by atoms with Crippen LogP contribution in [0, 0.1) is 11.8 Å². The van der Waals surface area contributed by atoms with Crippen molar-refractivity contribution in [3.63, 3.8) is 0 Å². The summed E-state index contributed by atoms with van der Waals surface area (Å²) in [6.07, 6.45) is 3.46. The van der Waals surface area contributed by atoms with Crippen molar-refractivity contribution < 1.29 is 14.6 Å². The zero-order valence-electron chi connectivity index (χ0n) is 10.3. The molecule has 3 nitrogen and oxygen atoms in total. The molecular weight excluding hydrogens is 216 g/mol. The van der Waals surface area contributed by atoms with Crippen LogP contribution < -0.4 is 9.47 Å². The van der Waals surface area contributed by atoms with Gasteiger partial charge in [-0.05, 0) is 36.8 Å². The lowest BCUT2D eigenvalue weighted by Gasteiger charge is -2.20. The quantitative estimate of drug-likeness (QED) is 0.872. The van der Waals surface area contributed by atoms with E-state index < -0.39 is 5.60 Å². The third-order valence-electron chi connectivity index (χ3n) is 4.37. The molecule has 17 heavy (non-hydrogen) atoms. The molecule has 3 heteroatoms. The van der Waals surface area contributed by atoms with Crippen molar-refractivity contribution in [2.45, 2.75) is 24.9 Å². The molecule has 1 aromatic carbocycles. The number of ether oxygens (including phenoxy) is 2. The van der Waals surface area contributed by atoms with E-state index in [0.717, 1.165) is 29.9 Å². The summed E-state index contributed by atoms with van der Waals surface area (Å²) in [6.45, 7) is 0. The smallest absolute Gasteiger partial charge is 0.128 e. The highest BCUT2D eigenvalue weighted by Gasteiger charge is 2.68. The minimum absolute atomic E-state index is 0.396. The van der Waals surface area contributed by atoms with Crippen molar-refractivity contribution in [3.8, 4) is 11.5 Å². The van der Waals surface area contributed by atoms with Crippen LogP contribution in [0.2, 0.25) is 0 Å². The zero-order chi connectivity index (χ0) is 12.0. The van der Waals surface area contributed by atoms with Crippen molar-refractivity contribution in [3.05, 3.63) is 23.8 Å². The summed E-state index contributed by atoms with van der Waals surface area (Å²) in [5.41, 5.74) is 0.135. The van der Waals surface area contributed by atoms with Crippen LogP contribution in [0.1, 0.15) is 24.8 Å². The summed E-state index contributed by atoms with van der Waals surface area (Å²) in [4.78, 5) is 0. The topological polar surface area (TPSA) is 38.7 Å². The maximum absolute atomic E-state index is 10.8. The summed E-state index contributed by atoms with van der Waals surface area (Å²) in [7, 11) is 3.28. The molecule has 0 spiro atoms. The Bertz CT molecular complexity index is 409. The minimum Gasteiger partial charge on any atom is -0.496 e. The van der Waals surface area contributed by atoms with Crippen LogP contribution in [0.5, 0.6) is 11.5 Å². The van der Waals surface area contributed by atoms with Gasteiger partial charge in [-0.1, -0.05) is 12.5 Å². The van der Waals surface area contributed by atoms with Crippen molar-refractivity contribution in [1.82, 2.24) is 0 Å². The Hall–Kier alpha value is -1.22. The molecule has 0 bridgehead atoms. The number of methoxy groups -OCH3 is 2. The molecule has 0 saturated heterocycles. The van der Waals surface area contributed by atoms with Gasteiger partial charge in [0, 0.05) is 0 Å². The normalized spacial score (nSPS) is 34.3. The third-order valence-corrected chi connectivity index (χ3v) is 4.37. The summed E-state index contributed by atoms with van der Waals surface area (Å²) in [5, 5.41) is 10.8. The van der Waals surface area contributed by atoms with Gasteiger partial charge in [-0.2, -0.15) is 0 Å². The number of fused-ring (bicyclic) bond motifs is 1. The van der Waals surface area contributed by atoms with Gasteiger partial charge in [0.2, 0.25) is 0 Å². The molecule has 0 amide bonds. The highest BCUT2D eigenvalue weighted by atomic mass is 16.5. The van der Waals surface area contributed by atoms with Gasteiger partial charge in [-0.3, -0.25) is 0 Å². The van der Waals surface area contributed by atoms with E-state index in [2.05, 4.69) is 0 Å². The van der Waals surface area contributed by atoms with Crippen LogP contribution in [-0.2, 0) is 5.60 Å². The van der Waals surface area contributed by atoms with Crippen molar-refractivity contribution in [2.24, 2.45) is 11.8 Å². The monoisotopic (exact) mass is 234 g/mol. The van der Waals surface area contributed by atoms with E-state index in [4.69, 9.17) is 9.47 Å². The molecule has 2 aliphatic rings.